The van der Waals surface area contributed by atoms with Gasteiger partial charge in [-0.15, -0.1) is 0 Å². The smallest absolute Gasteiger partial charge is 0.322 e. The van der Waals surface area contributed by atoms with Crippen molar-refractivity contribution in [3.63, 3.8) is 0 Å². The van der Waals surface area contributed by atoms with Crippen LogP contribution in [0.4, 0.5) is 19.3 Å². The first kappa shape index (κ1) is 12.8. The lowest BCUT2D eigenvalue weighted by Gasteiger charge is -2.31. The Balaban J connectivity index is 2.07. The summed E-state index contributed by atoms with van der Waals surface area (Å²) in [5.74, 6) is -1.09. The minimum atomic E-state index is -0.756. The van der Waals surface area contributed by atoms with Gasteiger partial charge in [0.1, 0.15) is 17.3 Å². The Morgan fingerprint density at radius 3 is 2.67 bits per heavy atom. The van der Waals surface area contributed by atoms with Crippen molar-refractivity contribution in [2.75, 3.05) is 18.4 Å². The second kappa shape index (κ2) is 5.33. The van der Waals surface area contributed by atoms with Gasteiger partial charge in [0.15, 0.2) is 0 Å². The molecule has 0 aromatic heterocycles. The van der Waals surface area contributed by atoms with E-state index in [9.17, 15) is 13.6 Å². The van der Waals surface area contributed by atoms with Crippen LogP contribution >= 0.6 is 0 Å². The summed E-state index contributed by atoms with van der Waals surface area (Å²) in [7, 11) is 0. The van der Waals surface area contributed by atoms with E-state index in [0.29, 0.717) is 19.0 Å². The van der Waals surface area contributed by atoms with E-state index in [2.05, 4.69) is 12.2 Å². The van der Waals surface area contributed by atoms with Crippen molar-refractivity contribution in [2.45, 2.75) is 19.8 Å². The minimum absolute atomic E-state index is 0.374. The number of urea groups is 1. The number of amides is 2. The predicted octanol–water partition coefficient (Wildman–Crippen LogP) is 3.23. The number of likely N-dealkylation sites (tertiary alicyclic amines) is 1. The monoisotopic (exact) mass is 254 g/mol. The molecular formula is C13H16F2N2O. The number of piperidine rings is 1. The van der Waals surface area contributed by atoms with Gasteiger partial charge in [-0.1, -0.05) is 13.0 Å². The Kier molecular flexibility index (Phi) is 3.79. The maximum Gasteiger partial charge on any atom is 0.322 e. The molecule has 0 saturated carbocycles. The average Bonchev–Trinajstić information content (AvgIpc) is 2.34. The molecule has 1 fully saturated rings. The summed E-state index contributed by atoms with van der Waals surface area (Å²) in [5, 5.41) is 2.31. The summed E-state index contributed by atoms with van der Waals surface area (Å²) in [5.41, 5.74) is -0.374. The third-order valence-corrected chi connectivity index (χ3v) is 3.14. The highest BCUT2D eigenvalue weighted by Crippen LogP contribution is 2.20. The molecule has 2 rings (SSSR count). The lowest BCUT2D eigenvalue weighted by molar-refractivity contribution is 0.182. The van der Waals surface area contributed by atoms with Gasteiger partial charge in [0.2, 0.25) is 0 Å². The highest BCUT2D eigenvalue weighted by Gasteiger charge is 2.22. The van der Waals surface area contributed by atoms with Crippen molar-refractivity contribution in [2.24, 2.45) is 5.92 Å². The minimum Gasteiger partial charge on any atom is -0.324 e. The quantitative estimate of drug-likeness (QED) is 0.820. The number of hydrogen-bond donors (Lipinski definition) is 1. The molecule has 0 radical (unpaired) electrons. The van der Waals surface area contributed by atoms with Gasteiger partial charge in [0, 0.05) is 13.1 Å². The number of para-hydroxylation sites is 1. The summed E-state index contributed by atoms with van der Waals surface area (Å²) >= 11 is 0. The standard InChI is InChI=1S/C13H16F2N2O/c1-9-4-3-7-17(8-9)13(18)16-12-10(14)5-2-6-11(12)15/h2,5-6,9H,3-4,7-8H2,1H3,(H,16,18). The van der Waals surface area contributed by atoms with E-state index < -0.39 is 17.7 Å². The lowest BCUT2D eigenvalue weighted by atomic mass is 10.0. The average molecular weight is 254 g/mol. The molecule has 1 unspecified atom stereocenters. The van der Waals surface area contributed by atoms with Gasteiger partial charge in [-0.05, 0) is 30.9 Å². The molecule has 1 N–H and O–H groups in total. The number of rotatable bonds is 1. The number of carbonyl (C=O) groups excluding carboxylic acids is 1. The Bertz CT molecular complexity index is 430. The van der Waals surface area contributed by atoms with Crippen LogP contribution in [-0.4, -0.2) is 24.0 Å². The molecule has 1 heterocycles. The van der Waals surface area contributed by atoms with E-state index in [1.54, 1.807) is 4.90 Å². The van der Waals surface area contributed by atoms with E-state index >= 15 is 0 Å². The van der Waals surface area contributed by atoms with Crippen molar-refractivity contribution in [1.29, 1.82) is 0 Å². The number of benzene rings is 1. The van der Waals surface area contributed by atoms with Crippen LogP contribution in [-0.2, 0) is 0 Å². The Hall–Kier alpha value is -1.65. The lowest BCUT2D eigenvalue weighted by Crippen LogP contribution is -2.41. The topological polar surface area (TPSA) is 32.3 Å². The Morgan fingerprint density at radius 1 is 1.39 bits per heavy atom. The molecule has 0 spiro atoms. The summed E-state index contributed by atoms with van der Waals surface area (Å²) in [6.45, 7) is 3.32. The van der Waals surface area contributed by atoms with Crippen LogP contribution in [0.3, 0.4) is 0 Å². The molecule has 0 bridgehead atoms. The normalized spacial score (nSPS) is 19.7. The molecule has 0 aliphatic carbocycles. The summed E-state index contributed by atoms with van der Waals surface area (Å²) < 4.78 is 26.8. The second-order valence-corrected chi connectivity index (χ2v) is 4.72. The molecule has 3 nitrogen and oxygen atoms in total. The fourth-order valence-corrected chi connectivity index (χ4v) is 2.18. The molecule has 1 aromatic carbocycles. The zero-order chi connectivity index (χ0) is 13.1. The van der Waals surface area contributed by atoms with Crippen LogP contribution in [0.2, 0.25) is 0 Å². The molecule has 1 aliphatic heterocycles. The highest BCUT2D eigenvalue weighted by atomic mass is 19.1. The molecule has 1 saturated heterocycles. The van der Waals surface area contributed by atoms with Gasteiger partial charge >= 0.3 is 6.03 Å². The van der Waals surface area contributed by atoms with Crippen LogP contribution in [0.5, 0.6) is 0 Å². The molecule has 1 aliphatic rings. The zero-order valence-electron chi connectivity index (χ0n) is 10.2. The molecule has 1 aromatic rings. The van der Waals surface area contributed by atoms with Crippen molar-refractivity contribution in [3.8, 4) is 0 Å². The fraction of sp³-hybridized carbons (Fsp3) is 0.462. The van der Waals surface area contributed by atoms with Gasteiger partial charge in [0.05, 0.1) is 0 Å². The number of anilines is 1. The van der Waals surface area contributed by atoms with E-state index in [1.165, 1.54) is 6.07 Å². The van der Waals surface area contributed by atoms with Gasteiger partial charge in [-0.25, -0.2) is 13.6 Å². The van der Waals surface area contributed by atoms with Crippen LogP contribution < -0.4 is 5.32 Å². The van der Waals surface area contributed by atoms with E-state index in [-0.39, 0.29) is 5.69 Å². The number of hydrogen-bond acceptors (Lipinski definition) is 1. The van der Waals surface area contributed by atoms with Gasteiger partial charge in [0.25, 0.3) is 0 Å². The maximum absolute atomic E-state index is 13.4. The summed E-state index contributed by atoms with van der Waals surface area (Å²) in [6, 6.07) is 3.07. The number of nitrogens with one attached hydrogen (secondary N) is 1. The first-order chi connectivity index (χ1) is 8.58. The first-order valence-corrected chi connectivity index (χ1v) is 6.08. The van der Waals surface area contributed by atoms with Crippen molar-refractivity contribution < 1.29 is 13.6 Å². The molecule has 2 amide bonds. The third kappa shape index (κ3) is 2.78. The van der Waals surface area contributed by atoms with Crippen molar-refractivity contribution >= 4 is 11.7 Å². The molecule has 18 heavy (non-hydrogen) atoms. The molecule has 98 valence electrons. The largest absolute Gasteiger partial charge is 0.324 e. The number of halogens is 2. The van der Waals surface area contributed by atoms with Crippen molar-refractivity contribution in [3.05, 3.63) is 29.8 Å². The molecule has 5 heteroatoms. The highest BCUT2D eigenvalue weighted by molar-refractivity contribution is 5.89. The summed E-state index contributed by atoms with van der Waals surface area (Å²) in [6.07, 6.45) is 2.01. The Labute approximate surface area is 105 Å². The summed E-state index contributed by atoms with van der Waals surface area (Å²) in [4.78, 5) is 13.5. The van der Waals surface area contributed by atoms with Gasteiger partial charge in [-0.3, -0.25) is 0 Å². The SMILES string of the molecule is CC1CCCN(C(=O)Nc2c(F)cccc2F)C1. The fourth-order valence-electron chi connectivity index (χ4n) is 2.18. The predicted molar refractivity (Wildman–Crippen MR) is 65.3 cm³/mol. The third-order valence-electron chi connectivity index (χ3n) is 3.14. The first-order valence-electron chi connectivity index (χ1n) is 6.08. The van der Waals surface area contributed by atoms with Crippen LogP contribution in [0.15, 0.2) is 18.2 Å². The molecular weight excluding hydrogens is 238 g/mol. The zero-order valence-corrected chi connectivity index (χ0v) is 10.2. The van der Waals surface area contributed by atoms with Gasteiger partial charge in [-0.2, -0.15) is 0 Å². The molecule has 1 atom stereocenters. The maximum atomic E-state index is 13.4. The second-order valence-electron chi connectivity index (χ2n) is 4.72. The van der Waals surface area contributed by atoms with Gasteiger partial charge < -0.3 is 10.2 Å². The van der Waals surface area contributed by atoms with Crippen LogP contribution in [0.25, 0.3) is 0 Å². The van der Waals surface area contributed by atoms with Crippen molar-refractivity contribution in [1.82, 2.24) is 4.90 Å². The van der Waals surface area contributed by atoms with E-state index in [1.807, 2.05) is 0 Å². The van der Waals surface area contributed by atoms with E-state index in [4.69, 9.17) is 0 Å². The van der Waals surface area contributed by atoms with Crippen LogP contribution in [0.1, 0.15) is 19.8 Å². The number of nitrogens with zero attached hydrogens (tertiary/aromatic N) is 1. The number of carbonyl (C=O) groups is 1. The van der Waals surface area contributed by atoms with Crippen LogP contribution in [0, 0.1) is 17.6 Å². The van der Waals surface area contributed by atoms with E-state index in [0.717, 1.165) is 25.0 Å². The Morgan fingerprint density at radius 2 is 2.06 bits per heavy atom.